The van der Waals surface area contributed by atoms with Crippen molar-refractivity contribution in [3.8, 4) is 5.75 Å². The predicted molar refractivity (Wildman–Crippen MR) is 132 cm³/mol. The largest absolute Gasteiger partial charge is 0.486 e. The van der Waals surface area contributed by atoms with E-state index in [1.54, 1.807) is 30.3 Å². The van der Waals surface area contributed by atoms with Crippen LogP contribution in [-0.4, -0.2) is 22.0 Å². The van der Waals surface area contributed by atoms with Crippen molar-refractivity contribution in [1.29, 1.82) is 0 Å². The molecule has 1 heterocycles. The first-order chi connectivity index (χ1) is 16.5. The fourth-order valence-corrected chi connectivity index (χ4v) is 3.91. The predicted octanol–water partition coefficient (Wildman–Crippen LogP) is 5.26. The number of aromatic nitrogens is 2. The Morgan fingerprint density at radius 2 is 1.68 bits per heavy atom. The smallest absolute Gasteiger partial charge is 0.286 e. The molecule has 4 rings (SSSR count). The van der Waals surface area contributed by atoms with Crippen LogP contribution in [0, 0.1) is 6.92 Å². The second-order valence-electron chi connectivity index (χ2n) is 7.36. The summed E-state index contributed by atoms with van der Waals surface area (Å²) >= 11 is 7.29. The summed E-state index contributed by atoms with van der Waals surface area (Å²) in [6.07, 6.45) is 0. The van der Waals surface area contributed by atoms with E-state index in [2.05, 4.69) is 20.8 Å². The zero-order chi connectivity index (χ0) is 23.9. The highest BCUT2D eigenvalue weighted by Crippen LogP contribution is 2.19. The Balaban J connectivity index is 1.28. The maximum absolute atomic E-state index is 12.4. The third-order valence-electron chi connectivity index (χ3n) is 4.93. The number of halogens is 1. The van der Waals surface area contributed by atoms with E-state index in [4.69, 9.17) is 16.3 Å². The van der Waals surface area contributed by atoms with Crippen LogP contribution in [0.5, 0.6) is 5.75 Å². The number of aryl methyl sites for hydroxylation is 1. The number of nitrogens with zero attached hydrogens (tertiary/aromatic N) is 2. The SMILES string of the molecule is Cc1ccccc1NC(=O)c1nnc(COc2ccc(C(=O)NCc3ccccc3Cl)cc2)s1. The summed E-state index contributed by atoms with van der Waals surface area (Å²) in [6, 6.07) is 21.7. The third kappa shape index (κ3) is 5.98. The van der Waals surface area contributed by atoms with Gasteiger partial charge < -0.3 is 15.4 Å². The van der Waals surface area contributed by atoms with Gasteiger partial charge in [0.15, 0.2) is 5.01 Å². The van der Waals surface area contributed by atoms with Crippen LogP contribution in [0.25, 0.3) is 0 Å². The molecule has 0 aliphatic heterocycles. The summed E-state index contributed by atoms with van der Waals surface area (Å²) < 4.78 is 5.73. The average molecular weight is 493 g/mol. The second-order valence-corrected chi connectivity index (χ2v) is 8.83. The van der Waals surface area contributed by atoms with E-state index in [1.165, 1.54) is 0 Å². The molecule has 3 aromatic carbocycles. The topological polar surface area (TPSA) is 93.2 Å². The molecule has 0 saturated heterocycles. The Bertz CT molecular complexity index is 1310. The fourth-order valence-electron chi connectivity index (χ4n) is 3.06. The molecule has 0 unspecified atom stereocenters. The molecule has 7 nitrogen and oxygen atoms in total. The van der Waals surface area contributed by atoms with Gasteiger partial charge in [-0.25, -0.2) is 0 Å². The summed E-state index contributed by atoms with van der Waals surface area (Å²) in [5.41, 5.74) is 3.05. The van der Waals surface area contributed by atoms with Gasteiger partial charge in [-0.15, -0.1) is 10.2 Å². The first kappa shape index (κ1) is 23.4. The highest BCUT2D eigenvalue weighted by Gasteiger charge is 2.14. The molecule has 0 fully saturated rings. The van der Waals surface area contributed by atoms with E-state index >= 15 is 0 Å². The van der Waals surface area contributed by atoms with E-state index < -0.39 is 0 Å². The first-order valence-electron chi connectivity index (χ1n) is 10.4. The first-order valence-corrected chi connectivity index (χ1v) is 11.6. The van der Waals surface area contributed by atoms with Crippen LogP contribution in [0.2, 0.25) is 5.02 Å². The molecule has 9 heteroatoms. The van der Waals surface area contributed by atoms with Crippen LogP contribution in [0.3, 0.4) is 0 Å². The van der Waals surface area contributed by atoms with Crippen LogP contribution in [0.1, 0.15) is 36.3 Å². The number of benzene rings is 3. The molecule has 0 bridgehead atoms. The minimum atomic E-state index is -0.315. The van der Waals surface area contributed by atoms with E-state index in [0.717, 1.165) is 28.2 Å². The number of anilines is 1. The lowest BCUT2D eigenvalue weighted by molar-refractivity contribution is 0.0950. The number of ether oxygens (including phenoxy) is 1. The van der Waals surface area contributed by atoms with E-state index in [-0.39, 0.29) is 23.4 Å². The molecule has 2 N–H and O–H groups in total. The zero-order valence-corrected chi connectivity index (χ0v) is 19.8. The van der Waals surface area contributed by atoms with Crippen molar-refractivity contribution < 1.29 is 14.3 Å². The van der Waals surface area contributed by atoms with Crippen molar-refractivity contribution in [2.24, 2.45) is 0 Å². The summed E-state index contributed by atoms with van der Waals surface area (Å²) in [7, 11) is 0. The molecule has 0 aliphatic carbocycles. The van der Waals surface area contributed by atoms with Gasteiger partial charge in [0.1, 0.15) is 12.4 Å². The molecule has 2 amide bonds. The Labute approximate surface area is 205 Å². The molecule has 172 valence electrons. The summed E-state index contributed by atoms with van der Waals surface area (Å²) in [5.74, 6) is 0.0499. The number of hydrogen-bond donors (Lipinski definition) is 2. The van der Waals surface area contributed by atoms with Crippen LogP contribution in [0.4, 0.5) is 5.69 Å². The van der Waals surface area contributed by atoms with Crippen LogP contribution in [-0.2, 0) is 13.2 Å². The molecule has 0 spiro atoms. The molecule has 34 heavy (non-hydrogen) atoms. The molecule has 0 atom stereocenters. The lowest BCUT2D eigenvalue weighted by Gasteiger charge is -2.08. The quantitative estimate of drug-likeness (QED) is 0.350. The van der Waals surface area contributed by atoms with Gasteiger partial charge in [0.05, 0.1) is 0 Å². The third-order valence-corrected chi connectivity index (χ3v) is 6.19. The maximum atomic E-state index is 12.4. The Kier molecular flexibility index (Phi) is 7.51. The number of carbonyl (C=O) groups is 2. The van der Waals surface area contributed by atoms with Gasteiger partial charge in [-0.2, -0.15) is 0 Å². The monoisotopic (exact) mass is 492 g/mol. The van der Waals surface area contributed by atoms with Crippen molar-refractivity contribution in [1.82, 2.24) is 15.5 Å². The molecular formula is C25H21ClN4O3S. The van der Waals surface area contributed by atoms with E-state index in [0.29, 0.717) is 27.9 Å². The molecule has 0 saturated carbocycles. The van der Waals surface area contributed by atoms with E-state index in [1.807, 2.05) is 49.4 Å². The Hall–Kier alpha value is -3.75. The standard InChI is InChI=1S/C25H21ClN4O3S/c1-16-6-2-5-9-21(16)28-24(32)25-30-29-22(34-25)15-33-19-12-10-17(11-13-19)23(31)27-14-18-7-3-4-8-20(18)26/h2-13H,14-15H2,1H3,(H,27,31)(H,28,32). The number of rotatable bonds is 8. The van der Waals surface area contributed by atoms with Gasteiger partial charge in [0.25, 0.3) is 11.8 Å². The summed E-state index contributed by atoms with van der Waals surface area (Å²) in [6.45, 7) is 2.42. The van der Waals surface area contributed by atoms with Gasteiger partial charge in [0, 0.05) is 22.8 Å². The average Bonchev–Trinajstić information content (AvgIpc) is 3.33. The van der Waals surface area contributed by atoms with Gasteiger partial charge in [-0.1, -0.05) is 59.3 Å². The zero-order valence-electron chi connectivity index (χ0n) is 18.2. The molecule has 1 aromatic heterocycles. The number of para-hydroxylation sites is 1. The fraction of sp³-hybridized carbons (Fsp3) is 0.120. The van der Waals surface area contributed by atoms with Crippen molar-refractivity contribution in [3.63, 3.8) is 0 Å². The Morgan fingerprint density at radius 1 is 0.941 bits per heavy atom. The van der Waals surface area contributed by atoms with E-state index in [9.17, 15) is 9.59 Å². The van der Waals surface area contributed by atoms with Crippen LogP contribution in [0.15, 0.2) is 72.8 Å². The highest BCUT2D eigenvalue weighted by atomic mass is 35.5. The van der Waals surface area contributed by atoms with Crippen molar-refractivity contribution in [2.45, 2.75) is 20.1 Å². The lowest BCUT2D eigenvalue weighted by atomic mass is 10.2. The number of carbonyl (C=O) groups excluding carboxylic acids is 2. The molecule has 0 radical (unpaired) electrons. The second kappa shape index (κ2) is 10.9. The minimum absolute atomic E-state index is 0.160. The van der Waals surface area contributed by atoms with Crippen LogP contribution < -0.4 is 15.4 Å². The highest BCUT2D eigenvalue weighted by molar-refractivity contribution is 7.13. The summed E-state index contributed by atoms with van der Waals surface area (Å²) in [5, 5.41) is 15.1. The maximum Gasteiger partial charge on any atom is 0.286 e. The van der Waals surface area contributed by atoms with Crippen molar-refractivity contribution in [3.05, 3.63) is 105 Å². The lowest BCUT2D eigenvalue weighted by Crippen LogP contribution is -2.22. The van der Waals surface area contributed by atoms with Gasteiger partial charge in [0.2, 0.25) is 5.01 Å². The van der Waals surface area contributed by atoms with Crippen molar-refractivity contribution >= 4 is 40.4 Å². The Morgan fingerprint density at radius 3 is 2.44 bits per heavy atom. The minimum Gasteiger partial charge on any atom is -0.486 e. The van der Waals surface area contributed by atoms with Crippen LogP contribution >= 0.6 is 22.9 Å². The van der Waals surface area contributed by atoms with Gasteiger partial charge in [-0.3, -0.25) is 9.59 Å². The molecule has 4 aromatic rings. The normalized spacial score (nSPS) is 10.5. The van der Waals surface area contributed by atoms with Gasteiger partial charge in [-0.05, 0) is 54.4 Å². The van der Waals surface area contributed by atoms with Crippen molar-refractivity contribution in [2.75, 3.05) is 5.32 Å². The summed E-state index contributed by atoms with van der Waals surface area (Å²) in [4.78, 5) is 24.8. The van der Waals surface area contributed by atoms with Gasteiger partial charge >= 0.3 is 0 Å². The molecule has 0 aliphatic rings. The molecular weight excluding hydrogens is 472 g/mol. The number of nitrogens with one attached hydrogen (secondary N) is 2. The number of hydrogen-bond acceptors (Lipinski definition) is 6. The number of amides is 2.